The fourth-order valence-electron chi connectivity index (χ4n) is 2.94. The molecule has 0 fully saturated rings. The topological polar surface area (TPSA) is 36.8 Å². The third kappa shape index (κ3) is 8.54. The van der Waals surface area contributed by atoms with Crippen molar-refractivity contribution in [2.45, 2.75) is 27.2 Å². The maximum Gasteiger partial charge on any atom is 0.0648 e. The van der Waals surface area contributed by atoms with Crippen LogP contribution in [0.4, 0.5) is 0 Å². The Balaban J connectivity index is 3.34. The summed E-state index contributed by atoms with van der Waals surface area (Å²) in [5.74, 6) is 0. The molecule has 30 heavy (non-hydrogen) atoms. The Labute approximate surface area is 182 Å². The Morgan fingerprint density at radius 1 is 1.27 bits per heavy atom. The highest BCUT2D eigenvalue weighted by Crippen LogP contribution is 2.27. The molecular weight excluding hydrogens is 366 g/mol. The molecule has 0 aromatic heterocycles. The van der Waals surface area contributed by atoms with Crippen LogP contribution < -0.4 is 5.32 Å². The fraction of sp³-hybridized carbons (Fsp3) is 0.259. The van der Waals surface area contributed by atoms with E-state index in [4.69, 9.17) is 0 Å². The van der Waals surface area contributed by atoms with E-state index in [0.29, 0.717) is 6.54 Å². The normalized spacial score (nSPS) is 17.9. The van der Waals surface area contributed by atoms with Gasteiger partial charge in [0.1, 0.15) is 0 Å². The third-order valence-electron chi connectivity index (χ3n) is 4.49. The molecule has 0 saturated carbocycles. The molecule has 0 spiro atoms. The molecule has 0 aromatic rings. The molecule has 3 heteroatoms. The van der Waals surface area contributed by atoms with Gasteiger partial charge in [0.15, 0.2) is 0 Å². The Hall–Kier alpha value is -3.04. The molecule has 0 aliphatic carbocycles. The number of dihydropyridines is 1. The zero-order valence-electron chi connectivity index (χ0n) is 18.9. The van der Waals surface area contributed by atoms with Gasteiger partial charge in [0, 0.05) is 11.9 Å². The minimum atomic E-state index is 0.652. The molecule has 3 nitrogen and oxygen atoms in total. The first-order valence-corrected chi connectivity index (χ1v) is 10.3. The molecule has 0 amide bonds. The Kier molecular flexibility index (Phi) is 12.4. The summed E-state index contributed by atoms with van der Waals surface area (Å²) in [4.78, 5) is 8.35. The molecule has 1 heterocycles. The lowest BCUT2D eigenvalue weighted by Crippen LogP contribution is -2.07. The highest BCUT2D eigenvalue weighted by atomic mass is 14.8. The first-order chi connectivity index (χ1) is 14.6. The van der Waals surface area contributed by atoms with Crippen LogP contribution in [0.3, 0.4) is 0 Å². The van der Waals surface area contributed by atoms with Crippen molar-refractivity contribution in [3.05, 3.63) is 107 Å². The van der Waals surface area contributed by atoms with E-state index in [1.165, 1.54) is 5.57 Å². The first kappa shape index (κ1) is 25.0. The Bertz CT molecular complexity index is 866. The van der Waals surface area contributed by atoms with Gasteiger partial charge in [0.25, 0.3) is 0 Å². The lowest BCUT2D eigenvalue weighted by molar-refractivity contribution is 0.808. The average molecular weight is 402 g/mol. The third-order valence-corrected chi connectivity index (χ3v) is 4.49. The SMILES string of the molecule is C=CC(=C\C(=C/C)C1=CC(C)=NC/C1=C\C=C/N=C)/C(/C=C/C)=C/C=C\CCNC. The van der Waals surface area contributed by atoms with E-state index in [2.05, 4.69) is 90.2 Å². The summed E-state index contributed by atoms with van der Waals surface area (Å²) in [6, 6.07) is 0. The molecule has 0 atom stereocenters. The van der Waals surface area contributed by atoms with Gasteiger partial charge in [0.2, 0.25) is 0 Å². The molecule has 1 rings (SSSR count). The van der Waals surface area contributed by atoms with Crippen molar-refractivity contribution in [3.8, 4) is 0 Å². The van der Waals surface area contributed by atoms with E-state index in [9.17, 15) is 0 Å². The van der Waals surface area contributed by atoms with Crippen molar-refractivity contribution < 1.29 is 0 Å². The van der Waals surface area contributed by atoms with E-state index >= 15 is 0 Å². The summed E-state index contributed by atoms with van der Waals surface area (Å²) in [6.45, 7) is 15.3. The summed E-state index contributed by atoms with van der Waals surface area (Å²) in [7, 11) is 1.96. The molecule has 1 aliphatic rings. The van der Waals surface area contributed by atoms with Crippen LogP contribution in [0.1, 0.15) is 27.2 Å². The van der Waals surface area contributed by atoms with E-state index < -0.39 is 0 Å². The number of nitrogens with zero attached hydrogens (tertiary/aromatic N) is 2. The highest BCUT2D eigenvalue weighted by molar-refractivity contribution is 5.96. The zero-order valence-corrected chi connectivity index (χ0v) is 18.9. The van der Waals surface area contributed by atoms with Crippen molar-refractivity contribution in [1.29, 1.82) is 0 Å². The maximum atomic E-state index is 4.57. The summed E-state index contributed by atoms with van der Waals surface area (Å²) in [5.41, 5.74) is 6.68. The summed E-state index contributed by atoms with van der Waals surface area (Å²) in [5, 5.41) is 3.15. The second kappa shape index (κ2) is 14.9. The van der Waals surface area contributed by atoms with E-state index in [1.807, 2.05) is 33.0 Å². The van der Waals surface area contributed by atoms with Crippen LogP contribution in [-0.2, 0) is 0 Å². The van der Waals surface area contributed by atoms with Crippen LogP contribution in [0, 0.1) is 0 Å². The van der Waals surface area contributed by atoms with Gasteiger partial charge in [-0.25, -0.2) is 0 Å². The van der Waals surface area contributed by atoms with Crippen LogP contribution in [0.2, 0.25) is 0 Å². The second-order valence-corrected chi connectivity index (χ2v) is 6.72. The van der Waals surface area contributed by atoms with Gasteiger partial charge in [-0.1, -0.05) is 55.2 Å². The molecule has 0 radical (unpaired) electrons. The van der Waals surface area contributed by atoms with E-state index in [1.54, 1.807) is 6.20 Å². The lowest BCUT2D eigenvalue weighted by Gasteiger charge is -2.17. The highest BCUT2D eigenvalue weighted by Gasteiger charge is 2.13. The van der Waals surface area contributed by atoms with Crippen molar-refractivity contribution in [1.82, 2.24) is 5.32 Å². The largest absolute Gasteiger partial charge is 0.319 e. The van der Waals surface area contributed by atoms with E-state index in [0.717, 1.165) is 41.0 Å². The van der Waals surface area contributed by atoms with Gasteiger partial charge < -0.3 is 5.32 Å². The van der Waals surface area contributed by atoms with Gasteiger partial charge in [-0.05, 0) is 93.6 Å². The van der Waals surface area contributed by atoms with E-state index in [-0.39, 0.29) is 0 Å². The maximum absolute atomic E-state index is 4.57. The minimum Gasteiger partial charge on any atom is -0.319 e. The number of rotatable bonds is 11. The average Bonchev–Trinajstić information content (AvgIpc) is 2.75. The van der Waals surface area contributed by atoms with Crippen LogP contribution in [0.25, 0.3) is 0 Å². The first-order valence-electron chi connectivity index (χ1n) is 10.3. The minimum absolute atomic E-state index is 0.652. The predicted molar refractivity (Wildman–Crippen MR) is 135 cm³/mol. The molecule has 0 aromatic carbocycles. The van der Waals surface area contributed by atoms with Crippen LogP contribution in [-0.4, -0.2) is 32.6 Å². The van der Waals surface area contributed by atoms with Crippen LogP contribution in [0.5, 0.6) is 0 Å². The standard InChI is InChI=1S/C27H35N3/c1-7-14-25(15-11-10-12-17-28-5)23(8-2)20-24(9-3)27-19-22(4)30-21-26(27)16-13-18-29-6/h7-11,13-16,18-20,28H,2,6,12,17,21H2,1,3-5H3/b11-10-,14-7+,18-13-,23-20+,24-9+,25-15+,26-16+. The number of hydrogen-bond donors (Lipinski definition) is 1. The molecule has 158 valence electrons. The summed E-state index contributed by atoms with van der Waals surface area (Å²) < 4.78 is 0. The van der Waals surface area contributed by atoms with Gasteiger partial charge in [-0.15, -0.1) is 0 Å². The summed E-state index contributed by atoms with van der Waals surface area (Å²) in [6.07, 6.45) is 25.6. The van der Waals surface area contributed by atoms with Gasteiger partial charge >= 0.3 is 0 Å². The van der Waals surface area contributed by atoms with Crippen molar-refractivity contribution >= 4 is 12.4 Å². The fourth-order valence-corrected chi connectivity index (χ4v) is 2.94. The van der Waals surface area contributed by atoms with Crippen LogP contribution >= 0.6 is 0 Å². The van der Waals surface area contributed by atoms with Crippen molar-refractivity contribution in [2.24, 2.45) is 9.98 Å². The van der Waals surface area contributed by atoms with Crippen LogP contribution in [0.15, 0.2) is 117 Å². The Morgan fingerprint density at radius 2 is 2.07 bits per heavy atom. The number of hydrogen-bond acceptors (Lipinski definition) is 3. The quantitative estimate of drug-likeness (QED) is 0.248. The number of nitrogens with one attached hydrogen (secondary N) is 1. The van der Waals surface area contributed by atoms with Gasteiger partial charge in [0.05, 0.1) is 6.54 Å². The van der Waals surface area contributed by atoms with Crippen molar-refractivity contribution in [3.63, 3.8) is 0 Å². The van der Waals surface area contributed by atoms with Crippen molar-refractivity contribution in [2.75, 3.05) is 20.1 Å². The Morgan fingerprint density at radius 3 is 2.70 bits per heavy atom. The zero-order chi connectivity index (χ0) is 22.2. The molecule has 0 unspecified atom stereocenters. The number of aliphatic imine (C=N–C) groups is 2. The van der Waals surface area contributed by atoms with Gasteiger partial charge in [-0.3, -0.25) is 9.98 Å². The molecular formula is C27H35N3. The number of allylic oxidation sites excluding steroid dienone is 13. The molecule has 0 saturated heterocycles. The smallest absolute Gasteiger partial charge is 0.0648 e. The van der Waals surface area contributed by atoms with Gasteiger partial charge in [-0.2, -0.15) is 0 Å². The summed E-state index contributed by atoms with van der Waals surface area (Å²) >= 11 is 0. The molecule has 1 aliphatic heterocycles. The molecule has 1 N–H and O–H groups in total. The second-order valence-electron chi connectivity index (χ2n) is 6.72. The molecule has 0 bridgehead atoms. The lowest BCUT2D eigenvalue weighted by atomic mass is 9.91. The predicted octanol–water partition coefficient (Wildman–Crippen LogP) is 6.25. The monoisotopic (exact) mass is 401 g/mol.